The molecule has 1 amide bonds. The molecule has 0 aliphatic carbocycles. The molecule has 2 aromatic carbocycles. The number of nitrogens with two attached hydrogens (primary N) is 1. The molecule has 2 unspecified atom stereocenters. The Morgan fingerprint density at radius 3 is 2.38 bits per heavy atom. The van der Waals surface area contributed by atoms with Gasteiger partial charge in [0.1, 0.15) is 6.10 Å². The normalized spacial score (nSPS) is 14.7. The zero-order chi connectivity index (χ0) is 17.5. The zero-order valence-electron chi connectivity index (χ0n) is 13.9. The van der Waals surface area contributed by atoms with Crippen LogP contribution in [0.3, 0.4) is 0 Å². The van der Waals surface area contributed by atoms with Gasteiger partial charge in [0.2, 0.25) is 5.91 Å². The average Bonchev–Trinajstić information content (AvgIpc) is 2.58. The summed E-state index contributed by atoms with van der Waals surface area (Å²) in [5.41, 5.74) is 8.01. The second-order valence-electron chi connectivity index (χ2n) is 5.80. The zero-order valence-corrected chi connectivity index (χ0v) is 14.7. The van der Waals surface area contributed by atoms with Crippen molar-refractivity contribution in [3.63, 3.8) is 0 Å². The monoisotopic (exact) mass is 346 g/mol. The molecule has 0 radical (unpaired) electrons. The smallest absolute Gasteiger partial charge is 0.237 e. The lowest BCUT2D eigenvalue weighted by molar-refractivity contribution is -0.124. The Labute approximate surface area is 148 Å². The molecule has 0 aliphatic rings. The summed E-state index contributed by atoms with van der Waals surface area (Å²) >= 11 is 5.91. The van der Waals surface area contributed by atoms with Crippen LogP contribution in [0.15, 0.2) is 54.6 Å². The van der Waals surface area contributed by atoms with Crippen molar-refractivity contribution in [1.29, 1.82) is 0 Å². The van der Waals surface area contributed by atoms with E-state index in [9.17, 15) is 4.79 Å². The van der Waals surface area contributed by atoms with Gasteiger partial charge in [-0.15, -0.1) is 0 Å². The number of hydrogen-bond acceptors (Lipinski definition) is 3. The summed E-state index contributed by atoms with van der Waals surface area (Å²) in [7, 11) is 1.62. The summed E-state index contributed by atoms with van der Waals surface area (Å²) in [6, 6.07) is 16.3. The third-order valence-electron chi connectivity index (χ3n) is 3.91. The molecule has 5 heteroatoms. The van der Waals surface area contributed by atoms with Crippen molar-refractivity contribution >= 4 is 17.5 Å². The van der Waals surface area contributed by atoms with Gasteiger partial charge in [0.25, 0.3) is 0 Å². The molecule has 0 aromatic heterocycles. The van der Waals surface area contributed by atoms with Gasteiger partial charge in [-0.3, -0.25) is 4.79 Å². The van der Waals surface area contributed by atoms with Crippen LogP contribution in [-0.4, -0.2) is 25.1 Å². The van der Waals surface area contributed by atoms with Crippen LogP contribution in [0.5, 0.6) is 0 Å². The number of carbonyl (C=O) groups excluding carboxylic acids is 1. The van der Waals surface area contributed by atoms with Crippen molar-refractivity contribution in [2.45, 2.75) is 31.5 Å². The Balaban J connectivity index is 1.97. The maximum Gasteiger partial charge on any atom is 0.237 e. The summed E-state index contributed by atoms with van der Waals surface area (Å²) in [5, 5.41) is 3.60. The minimum Gasteiger partial charge on any atom is -0.375 e. The first kappa shape index (κ1) is 18.5. The van der Waals surface area contributed by atoms with Gasteiger partial charge in [-0.2, -0.15) is 0 Å². The van der Waals surface area contributed by atoms with Crippen LogP contribution >= 0.6 is 11.6 Å². The van der Waals surface area contributed by atoms with E-state index >= 15 is 0 Å². The van der Waals surface area contributed by atoms with Crippen molar-refractivity contribution in [3.8, 4) is 0 Å². The molecule has 24 heavy (non-hydrogen) atoms. The van der Waals surface area contributed by atoms with Gasteiger partial charge in [-0.1, -0.05) is 54.1 Å². The number of rotatable bonds is 7. The maximum absolute atomic E-state index is 12.4. The van der Waals surface area contributed by atoms with E-state index in [0.717, 1.165) is 11.1 Å². The van der Waals surface area contributed by atoms with E-state index in [4.69, 9.17) is 22.1 Å². The van der Waals surface area contributed by atoms with E-state index in [-0.39, 0.29) is 18.1 Å². The largest absolute Gasteiger partial charge is 0.375 e. The second-order valence-corrected chi connectivity index (χ2v) is 6.24. The van der Waals surface area contributed by atoms with Crippen LogP contribution in [0.1, 0.15) is 24.2 Å². The van der Waals surface area contributed by atoms with Gasteiger partial charge in [-0.05, 0) is 36.6 Å². The summed E-state index contributed by atoms with van der Waals surface area (Å²) in [5.74, 6) is -0.192. The van der Waals surface area contributed by atoms with E-state index < -0.39 is 6.04 Å². The summed E-state index contributed by atoms with van der Waals surface area (Å²) in [6.07, 6.45) is 0.230. The van der Waals surface area contributed by atoms with Gasteiger partial charge < -0.3 is 15.8 Å². The highest BCUT2D eigenvalue weighted by Gasteiger charge is 2.23. The second kappa shape index (κ2) is 8.83. The molecule has 0 heterocycles. The lowest BCUT2D eigenvalue weighted by Gasteiger charge is -2.25. The molecule has 0 spiro atoms. The van der Waals surface area contributed by atoms with Crippen LogP contribution < -0.4 is 11.1 Å². The minimum atomic E-state index is -0.599. The molecule has 0 fully saturated rings. The Morgan fingerprint density at radius 1 is 1.17 bits per heavy atom. The van der Waals surface area contributed by atoms with Crippen LogP contribution in [0.4, 0.5) is 0 Å². The fraction of sp³-hybridized carbons (Fsp3) is 0.316. The molecule has 4 nitrogen and oxygen atoms in total. The van der Waals surface area contributed by atoms with Crippen molar-refractivity contribution in [1.82, 2.24) is 5.32 Å². The van der Waals surface area contributed by atoms with E-state index in [2.05, 4.69) is 5.32 Å². The number of benzene rings is 2. The van der Waals surface area contributed by atoms with E-state index in [1.165, 1.54) is 0 Å². The number of amides is 1. The summed E-state index contributed by atoms with van der Waals surface area (Å²) in [6.45, 7) is 1.90. The van der Waals surface area contributed by atoms with Crippen LogP contribution in [0.25, 0.3) is 0 Å². The highest BCUT2D eigenvalue weighted by atomic mass is 35.5. The van der Waals surface area contributed by atoms with Crippen LogP contribution in [-0.2, 0) is 16.0 Å². The summed E-state index contributed by atoms with van der Waals surface area (Å²) < 4.78 is 5.54. The highest BCUT2D eigenvalue weighted by Crippen LogP contribution is 2.22. The van der Waals surface area contributed by atoms with Gasteiger partial charge in [0, 0.05) is 12.1 Å². The molecular formula is C19H23ClN2O2. The van der Waals surface area contributed by atoms with E-state index in [0.29, 0.717) is 11.4 Å². The number of halogens is 1. The Kier molecular flexibility index (Phi) is 6.79. The number of ether oxygens (including phenoxy) is 1. The summed E-state index contributed by atoms with van der Waals surface area (Å²) in [4.78, 5) is 12.4. The molecule has 3 N–H and O–H groups in total. The average molecular weight is 347 g/mol. The lowest BCUT2D eigenvalue weighted by Crippen LogP contribution is -2.47. The molecule has 128 valence electrons. The Hall–Kier alpha value is -1.88. The molecule has 0 aliphatic heterocycles. The van der Waals surface area contributed by atoms with E-state index in [1.54, 1.807) is 19.2 Å². The van der Waals surface area contributed by atoms with Gasteiger partial charge in [0.15, 0.2) is 0 Å². The van der Waals surface area contributed by atoms with Gasteiger partial charge >= 0.3 is 0 Å². The maximum atomic E-state index is 12.4. The van der Waals surface area contributed by atoms with E-state index in [1.807, 2.05) is 49.4 Å². The molecule has 0 saturated carbocycles. The van der Waals surface area contributed by atoms with Crippen molar-refractivity contribution < 1.29 is 9.53 Å². The SMILES string of the molecule is COC(c1ccc(Cl)cc1)C(C)NC(=O)[C@@H](N)Cc1ccccc1. The number of methoxy groups -OCH3 is 1. The fourth-order valence-electron chi connectivity index (χ4n) is 2.65. The standard InChI is InChI=1S/C19H23ClN2O2/c1-13(18(24-2)15-8-10-16(20)11-9-15)22-19(23)17(21)12-14-6-4-3-5-7-14/h3-11,13,17-18H,12,21H2,1-2H3,(H,22,23)/t13?,17-,18?/m0/s1. The van der Waals surface area contributed by atoms with Crippen molar-refractivity contribution in [2.75, 3.05) is 7.11 Å². The highest BCUT2D eigenvalue weighted by molar-refractivity contribution is 6.30. The fourth-order valence-corrected chi connectivity index (χ4v) is 2.78. The molecule has 0 bridgehead atoms. The Morgan fingerprint density at radius 2 is 1.79 bits per heavy atom. The first-order valence-corrected chi connectivity index (χ1v) is 8.27. The first-order valence-electron chi connectivity index (χ1n) is 7.89. The van der Waals surface area contributed by atoms with Gasteiger partial charge in [0.05, 0.1) is 12.1 Å². The van der Waals surface area contributed by atoms with Crippen molar-refractivity contribution in [3.05, 3.63) is 70.7 Å². The molecular weight excluding hydrogens is 324 g/mol. The molecule has 3 atom stereocenters. The minimum absolute atomic E-state index is 0.192. The van der Waals surface area contributed by atoms with Crippen LogP contribution in [0.2, 0.25) is 5.02 Å². The molecule has 2 aromatic rings. The topological polar surface area (TPSA) is 64.3 Å². The predicted molar refractivity (Wildman–Crippen MR) is 96.9 cm³/mol. The quantitative estimate of drug-likeness (QED) is 0.809. The third kappa shape index (κ3) is 5.06. The number of nitrogens with one attached hydrogen (secondary N) is 1. The third-order valence-corrected chi connectivity index (χ3v) is 4.16. The number of hydrogen-bond donors (Lipinski definition) is 2. The Bertz CT molecular complexity index is 646. The number of carbonyl (C=O) groups is 1. The first-order chi connectivity index (χ1) is 11.5. The van der Waals surface area contributed by atoms with Gasteiger partial charge in [-0.25, -0.2) is 0 Å². The predicted octanol–water partition coefficient (Wildman–Crippen LogP) is 3.10. The van der Waals surface area contributed by atoms with Crippen molar-refractivity contribution in [2.24, 2.45) is 5.73 Å². The van der Waals surface area contributed by atoms with Crippen LogP contribution in [0, 0.1) is 0 Å². The lowest BCUT2D eigenvalue weighted by atomic mass is 10.0. The molecule has 2 rings (SSSR count). The molecule has 0 saturated heterocycles.